The molecule has 6 heteroatoms. The first-order valence-electron chi connectivity index (χ1n) is 6.35. The van der Waals surface area contributed by atoms with Gasteiger partial charge in [0.2, 0.25) is 0 Å². The molecule has 2 rings (SSSR count). The summed E-state index contributed by atoms with van der Waals surface area (Å²) in [5.41, 5.74) is 7.42. The maximum absolute atomic E-state index is 10.8. The van der Waals surface area contributed by atoms with E-state index < -0.39 is 6.03 Å². The van der Waals surface area contributed by atoms with Crippen molar-refractivity contribution in [2.45, 2.75) is 6.54 Å². The van der Waals surface area contributed by atoms with Gasteiger partial charge >= 0.3 is 6.03 Å². The molecule has 0 fully saturated rings. The Morgan fingerprint density at radius 2 is 2.00 bits per heavy atom. The van der Waals surface area contributed by atoms with Gasteiger partial charge in [0.15, 0.2) is 11.5 Å². The number of phenolic OH excluding ortho intramolecular Hbond substituents is 1. The maximum Gasteiger partial charge on any atom is 0.316 e. The van der Waals surface area contributed by atoms with Crippen molar-refractivity contribution in [3.63, 3.8) is 0 Å². The predicted molar refractivity (Wildman–Crippen MR) is 81.6 cm³/mol. The maximum atomic E-state index is 10.8. The van der Waals surface area contributed by atoms with Crippen LogP contribution in [0.25, 0.3) is 0 Å². The minimum Gasteiger partial charge on any atom is -0.504 e. The van der Waals surface area contributed by atoms with Gasteiger partial charge in [-0.15, -0.1) is 0 Å². The van der Waals surface area contributed by atoms with Crippen LogP contribution in [-0.2, 0) is 6.54 Å². The van der Waals surface area contributed by atoms with Crippen molar-refractivity contribution >= 4 is 17.4 Å². The Morgan fingerprint density at radius 3 is 2.67 bits per heavy atom. The Morgan fingerprint density at radius 1 is 1.24 bits per heavy atom. The van der Waals surface area contributed by atoms with Crippen LogP contribution in [0.15, 0.2) is 42.5 Å². The summed E-state index contributed by atoms with van der Waals surface area (Å²) in [6.45, 7) is 0.525. The number of benzene rings is 2. The lowest BCUT2D eigenvalue weighted by Gasteiger charge is -2.10. The highest BCUT2D eigenvalue weighted by molar-refractivity contribution is 5.88. The van der Waals surface area contributed by atoms with Gasteiger partial charge in [0.1, 0.15) is 0 Å². The van der Waals surface area contributed by atoms with E-state index in [1.807, 2.05) is 12.1 Å². The van der Waals surface area contributed by atoms with E-state index >= 15 is 0 Å². The van der Waals surface area contributed by atoms with E-state index in [9.17, 15) is 9.90 Å². The number of nitrogens with two attached hydrogens (primary N) is 1. The monoisotopic (exact) mass is 287 g/mol. The quantitative estimate of drug-likeness (QED) is 0.679. The van der Waals surface area contributed by atoms with Gasteiger partial charge < -0.3 is 26.2 Å². The summed E-state index contributed by atoms with van der Waals surface area (Å²) in [4.78, 5) is 10.8. The Balaban J connectivity index is 2.02. The molecule has 0 saturated heterocycles. The zero-order chi connectivity index (χ0) is 15.2. The summed E-state index contributed by atoms with van der Waals surface area (Å²) < 4.78 is 4.99. The Bertz CT molecular complexity index is 644. The number of primary amides is 1. The van der Waals surface area contributed by atoms with Gasteiger partial charge in [-0.2, -0.15) is 0 Å². The molecule has 0 aliphatic carbocycles. The van der Waals surface area contributed by atoms with Gasteiger partial charge in [-0.05, 0) is 35.9 Å². The van der Waals surface area contributed by atoms with Crippen molar-refractivity contribution in [3.05, 3.63) is 48.0 Å². The van der Waals surface area contributed by atoms with E-state index in [0.29, 0.717) is 18.0 Å². The number of aromatic hydroxyl groups is 1. The Kier molecular flexibility index (Phi) is 4.50. The van der Waals surface area contributed by atoms with Crippen LogP contribution >= 0.6 is 0 Å². The average molecular weight is 287 g/mol. The summed E-state index contributed by atoms with van der Waals surface area (Å²) in [6, 6.07) is 11.8. The average Bonchev–Trinajstić information content (AvgIpc) is 2.45. The van der Waals surface area contributed by atoms with Crippen molar-refractivity contribution in [1.82, 2.24) is 0 Å². The molecule has 0 bridgehead atoms. The fourth-order valence-corrected chi connectivity index (χ4v) is 1.90. The van der Waals surface area contributed by atoms with Crippen LogP contribution in [0.2, 0.25) is 0 Å². The molecule has 6 nitrogen and oxygen atoms in total. The summed E-state index contributed by atoms with van der Waals surface area (Å²) in [6.07, 6.45) is 0. The summed E-state index contributed by atoms with van der Waals surface area (Å²) in [7, 11) is 1.50. The van der Waals surface area contributed by atoms with Crippen molar-refractivity contribution < 1.29 is 14.6 Å². The second-order valence-electron chi connectivity index (χ2n) is 4.43. The summed E-state index contributed by atoms with van der Waals surface area (Å²) >= 11 is 0. The zero-order valence-corrected chi connectivity index (χ0v) is 11.6. The highest BCUT2D eigenvalue weighted by atomic mass is 16.5. The molecule has 0 heterocycles. The molecule has 0 unspecified atom stereocenters. The number of nitrogens with one attached hydrogen (secondary N) is 2. The molecule has 110 valence electrons. The molecule has 5 N–H and O–H groups in total. The molecule has 0 atom stereocenters. The molecule has 2 amide bonds. The normalized spacial score (nSPS) is 9.95. The van der Waals surface area contributed by atoms with Crippen LogP contribution in [-0.4, -0.2) is 18.2 Å². The Hall–Kier alpha value is -2.89. The number of anilines is 2. The summed E-state index contributed by atoms with van der Waals surface area (Å²) in [5, 5.41) is 15.4. The highest BCUT2D eigenvalue weighted by Gasteiger charge is 2.03. The third-order valence-corrected chi connectivity index (χ3v) is 2.87. The van der Waals surface area contributed by atoms with E-state index in [-0.39, 0.29) is 5.75 Å². The van der Waals surface area contributed by atoms with E-state index in [0.717, 1.165) is 11.3 Å². The number of hydrogen-bond acceptors (Lipinski definition) is 4. The number of methoxy groups -OCH3 is 1. The minimum atomic E-state index is -0.604. The van der Waals surface area contributed by atoms with E-state index in [1.54, 1.807) is 30.3 Å². The molecule has 2 aromatic carbocycles. The second-order valence-corrected chi connectivity index (χ2v) is 4.43. The minimum absolute atomic E-state index is 0.0981. The van der Waals surface area contributed by atoms with Gasteiger partial charge in [-0.1, -0.05) is 12.1 Å². The molecule has 0 aromatic heterocycles. The number of carbonyl (C=O) groups is 1. The van der Waals surface area contributed by atoms with Crippen molar-refractivity contribution in [3.8, 4) is 11.5 Å². The number of phenols is 1. The van der Waals surface area contributed by atoms with Crippen molar-refractivity contribution in [2.24, 2.45) is 5.73 Å². The van der Waals surface area contributed by atoms with Crippen molar-refractivity contribution in [2.75, 3.05) is 17.7 Å². The van der Waals surface area contributed by atoms with Crippen molar-refractivity contribution in [1.29, 1.82) is 0 Å². The van der Waals surface area contributed by atoms with Gasteiger partial charge in [0, 0.05) is 17.9 Å². The van der Waals surface area contributed by atoms with Crippen LogP contribution in [0, 0.1) is 0 Å². The first kappa shape index (κ1) is 14.5. The standard InChI is InChI=1S/C15H17N3O3/c1-21-14-6-5-10(7-13(14)19)9-17-11-3-2-4-12(8-11)18-15(16)20/h2-8,17,19H,9H2,1H3,(H3,16,18,20). The number of ether oxygens (including phenoxy) is 1. The third kappa shape index (κ3) is 4.04. The number of urea groups is 1. The number of rotatable bonds is 5. The molecule has 0 saturated carbocycles. The SMILES string of the molecule is COc1ccc(CNc2cccc(NC(N)=O)c2)cc1O. The fourth-order valence-electron chi connectivity index (χ4n) is 1.90. The number of hydrogen-bond donors (Lipinski definition) is 4. The van der Waals surface area contributed by atoms with Crippen LogP contribution in [0.3, 0.4) is 0 Å². The molecule has 21 heavy (non-hydrogen) atoms. The smallest absolute Gasteiger partial charge is 0.316 e. The molecular weight excluding hydrogens is 270 g/mol. The molecule has 2 aromatic rings. The lowest BCUT2D eigenvalue weighted by atomic mass is 10.2. The largest absolute Gasteiger partial charge is 0.504 e. The molecule has 0 spiro atoms. The molecular formula is C15H17N3O3. The topological polar surface area (TPSA) is 96.6 Å². The number of carbonyl (C=O) groups excluding carboxylic acids is 1. The first-order valence-corrected chi connectivity index (χ1v) is 6.35. The van der Waals surface area contributed by atoms with Gasteiger partial charge in [0.05, 0.1) is 7.11 Å². The first-order chi connectivity index (χ1) is 10.1. The second kappa shape index (κ2) is 6.51. The molecule has 0 radical (unpaired) electrons. The zero-order valence-electron chi connectivity index (χ0n) is 11.6. The van der Waals surface area contributed by atoms with Gasteiger partial charge in [-0.25, -0.2) is 4.79 Å². The predicted octanol–water partition coefficient (Wildman–Crippen LogP) is 2.50. The highest BCUT2D eigenvalue weighted by Crippen LogP contribution is 2.26. The van der Waals surface area contributed by atoms with Crippen LogP contribution in [0.4, 0.5) is 16.2 Å². The third-order valence-electron chi connectivity index (χ3n) is 2.87. The fraction of sp³-hybridized carbons (Fsp3) is 0.133. The van der Waals surface area contributed by atoms with E-state index in [4.69, 9.17) is 10.5 Å². The van der Waals surface area contributed by atoms with Crippen LogP contribution in [0.5, 0.6) is 11.5 Å². The van der Waals surface area contributed by atoms with Gasteiger partial charge in [-0.3, -0.25) is 0 Å². The van der Waals surface area contributed by atoms with Gasteiger partial charge in [0.25, 0.3) is 0 Å². The lowest BCUT2D eigenvalue weighted by Crippen LogP contribution is -2.19. The number of amides is 2. The summed E-state index contributed by atoms with van der Waals surface area (Å²) in [5.74, 6) is 0.535. The van der Waals surface area contributed by atoms with Crippen LogP contribution in [0.1, 0.15) is 5.56 Å². The Labute approximate surface area is 122 Å². The lowest BCUT2D eigenvalue weighted by molar-refractivity contribution is 0.259. The van der Waals surface area contributed by atoms with Crippen LogP contribution < -0.4 is 21.1 Å². The van der Waals surface area contributed by atoms with E-state index in [1.165, 1.54) is 7.11 Å². The molecule has 0 aliphatic heterocycles. The molecule has 0 aliphatic rings. The van der Waals surface area contributed by atoms with E-state index in [2.05, 4.69) is 10.6 Å².